The van der Waals surface area contributed by atoms with Gasteiger partial charge in [0.1, 0.15) is 11.6 Å². The Balaban J connectivity index is 4.63. The molecular formula is C17H29NO3. The van der Waals surface area contributed by atoms with Crippen LogP contribution >= 0.6 is 0 Å². The van der Waals surface area contributed by atoms with Gasteiger partial charge in [-0.2, -0.15) is 0 Å². The summed E-state index contributed by atoms with van der Waals surface area (Å²) in [6.07, 6.45) is 2.10. The smallest absolute Gasteiger partial charge is 0.157 e. The number of hydrogen-bond donors (Lipinski definition) is 1. The number of nitrogens with one attached hydrogen (secondary N) is 1. The summed E-state index contributed by atoms with van der Waals surface area (Å²) in [4.78, 5) is 34.4. The highest BCUT2D eigenvalue weighted by Gasteiger charge is 2.23. The zero-order valence-corrected chi connectivity index (χ0v) is 14.0. The molecule has 2 unspecified atom stereocenters. The summed E-state index contributed by atoms with van der Waals surface area (Å²) in [5.41, 5.74) is 0.763. The van der Waals surface area contributed by atoms with Crippen molar-refractivity contribution in [2.75, 3.05) is 0 Å². The lowest BCUT2D eigenvalue weighted by Crippen LogP contribution is -2.40. The van der Waals surface area contributed by atoms with Gasteiger partial charge in [-0.3, -0.25) is 4.79 Å². The van der Waals surface area contributed by atoms with Gasteiger partial charge in [-0.15, -0.1) is 0 Å². The van der Waals surface area contributed by atoms with Crippen LogP contribution in [-0.2, 0) is 14.4 Å². The van der Waals surface area contributed by atoms with E-state index < -0.39 is 0 Å². The molecule has 0 aromatic rings. The second-order valence-electron chi connectivity index (χ2n) is 6.16. The van der Waals surface area contributed by atoms with Crippen LogP contribution in [0.25, 0.3) is 0 Å². The summed E-state index contributed by atoms with van der Waals surface area (Å²) in [6, 6.07) is -0.374. The quantitative estimate of drug-likeness (QED) is 0.636. The number of carbonyl (C=O) groups is 3. The highest BCUT2D eigenvalue weighted by atomic mass is 16.1. The third-order valence-electron chi connectivity index (χ3n) is 3.58. The number of Topliss-reactive ketones (excluding diaryl/α,β-unsaturated/α-hetero) is 3. The molecule has 21 heavy (non-hydrogen) atoms. The van der Waals surface area contributed by atoms with Crippen molar-refractivity contribution in [3.8, 4) is 0 Å². The molecule has 0 aromatic carbocycles. The van der Waals surface area contributed by atoms with Crippen LogP contribution in [0.4, 0.5) is 0 Å². The van der Waals surface area contributed by atoms with Gasteiger partial charge in [0.05, 0.1) is 6.04 Å². The first-order chi connectivity index (χ1) is 9.65. The fourth-order valence-electron chi connectivity index (χ4n) is 2.00. The molecule has 0 aliphatic rings. The molecule has 120 valence electrons. The first-order valence-electron chi connectivity index (χ1n) is 7.63. The average molecular weight is 295 g/mol. The predicted molar refractivity (Wildman–Crippen MR) is 84.9 cm³/mol. The molecule has 0 amide bonds. The van der Waals surface area contributed by atoms with Crippen LogP contribution in [0, 0.1) is 11.8 Å². The molecular weight excluding hydrogens is 266 g/mol. The molecule has 0 saturated heterocycles. The van der Waals surface area contributed by atoms with Crippen molar-refractivity contribution in [3.05, 3.63) is 12.3 Å². The summed E-state index contributed by atoms with van der Waals surface area (Å²) in [5.74, 6) is 0.356. The molecule has 0 spiro atoms. The lowest BCUT2D eigenvalue weighted by molar-refractivity contribution is -0.124. The van der Waals surface area contributed by atoms with Crippen LogP contribution in [0.15, 0.2) is 12.3 Å². The van der Waals surface area contributed by atoms with E-state index in [0.29, 0.717) is 19.3 Å². The Morgan fingerprint density at radius 3 is 1.86 bits per heavy atom. The summed E-state index contributed by atoms with van der Waals surface area (Å²) in [7, 11) is 0. The largest absolute Gasteiger partial charge is 0.379 e. The summed E-state index contributed by atoms with van der Waals surface area (Å²) < 4.78 is 0. The zero-order chi connectivity index (χ0) is 16.6. The molecule has 0 heterocycles. The minimum Gasteiger partial charge on any atom is -0.379 e. The van der Waals surface area contributed by atoms with Gasteiger partial charge < -0.3 is 14.9 Å². The maximum atomic E-state index is 12.2. The van der Waals surface area contributed by atoms with Gasteiger partial charge in [-0.25, -0.2) is 0 Å². The molecule has 0 aliphatic heterocycles. The molecule has 1 N–H and O–H groups in total. The Morgan fingerprint density at radius 2 is 1.43 bits per heavy atom. The van der Waals surface area contributed by atoms with Crippen molar-refractivity contribution in [1.29, 1.82) is 0 Å². The maximum Gasteiger partial charge on any atom is 0.157 e. The maximum absolute atomic E-state index is 12.2. The van der Waals surface area contributed by atoms with Crippen molar-refractivity contribution < 1.29 is 14.4 Å². The molecule has 4 nitrogen and oxygen atoms in total. The molecule has 0 aromatic heterocycles. The van der Waals surface area contributed by atoms with E-state index in [1.807, 2.05) is 20.8 Å². The van der Waals surface area contributed by atoms with Crippen LogP contribution in [0.2, 0.25) is 0 Å². The van der Waals surface area contributed by atoms with Gasteiger partial charge in [0.15, 0.2) is 5.78 Å². The molecule has 4 heteroatoms. The number of allylic oxidation sites excluding steroid dienone is 1. The number of rotatable bonds is 11. The van der Waals surface area contributed by atoms with Crippen LogP contribution in [0.5, 0.6) is 0 Å². The van der Waals surface area contributed by atoms with Crippen molar-refractivity contribution in [2.45, 2.75) is 66.3 Å². The van der Waals surface area contributed by atoms with E-state index in [2.05, 4.69) is 11.9 Å². The van der Waals surface area contributed by atoms with E-state index in [0.717, 1.165) is 12.1 Å². The Bertz CT molecular complexity index is 399. The molecule has 0 fully saturated rings. The summed E-state index contributed by atoms with van der Waals surface area (Å²) in [6.45, 7) is 12.8. The predicted octanol–water partition coefficient (Wildman–Crippen LogP) is 3.06. The molecule has 0 bridgehead atoms. The second-order valence-corrected chi connectivity index (χ2v) is 6.16. The van der Waals surface area contributed by atoms with Gasteiger partial charge in [0.25, 0.3) is 0 Å². The van der Waals surface area contributed by atoms with Gasteiger partial charge in [-0.1, -0.05) is 27.4 Å². The molecule has 2 atom stereocenters. The van der Waals surface area contributed by atoms with Crippen molar-refractivity contribution in [2.24, 2.45) is 11.8 Å². The molecule has 0 aliphatic carbocycles. The monoisotopic (exact) mass is 295 g/mol. The second kappa shape index (κ2) is 9.48. The van der Waals surface area contributed by atoms with E-state index >= 15 is 0 Å². The summed E-state index contributed by atoms with van der Waals surface area (Å²) >= 11 is 0. The van der Waals surface area contributed by atoms with Gasteiger partial charge in [0.2, 0.25) is 0 Å². The van der Waals surface area contributed by atoms with Crippen molar-refractivity contribution in [1.82, 2.24) is 5.32 Å². The lowest BCUT2D eigenvalue weighted by atomic mass is 9.94. The van der Waals surface area contributed by atoms with E-state index in [1.165, 1.54) is 6.92 Å². The number of hydrogen-bond acceptors (Lipinski definition) is 4. The van der Waals surface area contributed by atoms with E-state index in [1.54, 1.807) is 6.92 Å². The summed E-state index contributed by atoms with van der Waals surface area (Å²) in [5, 5.41) is 3.17. The lowest BCUT2D eigenvalue weighted by Gasteiger charge is -2.24. The Kier molecular flexibility index (Phi) is 8.83. The van der Waals surface area contributed by atoms with Crippen LogP contribution in [0.3, 0.4) is 0 Å². The number of carbonyl (C=O) groups excluding carboxylic acids is 3. The number of ketones is 3. The average Bonchev–Trinajstić information content (AvgIpc) is 2.39. The first-order valence-corrected chi connectivity index (χ1v) is 7.63. The standard InChI is InChI=1S/C17H29NO3/c1-11(2)17(21)16(10-9-14(5)20)18-15(6)12(3)7-8-13(4)19/h11-12,16,18H,6-10H2,1-5H3. The minimum atomic E-state index is -0.374. The third-order valence-corrected chi connectivity index (χ3v) is 3.58. The van der Waals surface area contributed by atoms with Crippen LogP contribution < -0.4 is 5.32 Å². The SMILES string of the molecule is C=C(NC(CCC(C)=O)C(=O)C(C)C)C(C)CCC(C)=O. The molecule has 0 saturated carbocycles. The first kappa shape index (κ1) is 19.6. The molecule has 0 radical (unpaired) electrons. The molecule has 0 rings (SSSR count). The minimum absolute atomic E-state index is 0.0774. The van der Waals surface area contributed by atoms with E-state index in [-0.39, 0.29) is 35.2 Å². The topological polar surface area (TPSA) is 63.2 Å². The van der Waals surface area contributed by atoms with Crippen LogP contribution in [-0.4, -0.2) is 23.4 Å². The third kappa shape index (κ3) is 8.43. The fourth-order valence-corrected chi connectivity index (χ4v) is 2.00. The van der Waals surface area contributed by atoms with Gasteiger partial charge in [0, 0.05) is 24.5 Å². The van der Waals surface area contributed by atoms with Crippen molar-refractivity contribution >= 4 is 17.3 Å². The fraction of sp³-hybridized carbons (Fsp3) is 0.706. The van der Waals surface area contributed by atoms with Gasteiger partial charge in [-0.05, 0) is 32.6 Å². The Hall–Kier alpha value is -1.45. The normalized spacial score (nSPS) is 13.6. The Labute approximate surface area is 128 Å². The van der Waals surface area contributed by atoms with Crippen molar-refractivity contribution in [3.63, 3.8) is 0 Å². The van der Waals surface area contributed by atoms with Gasteiger partial charge >= 0.3 is 0 Å². The van der Waals surface area contributed by atoms with E-state index in [9.17, 15) is 14.4 Å². The highest BCUT2D eigenvalue weighted by molar-refractivity contribution is 5.86. The Morgan fingerprint density at radius 1 is 0.952 bits per heavy atom. The van der Waals surface area contributed by atoms with Crippen LogP contribution in [0.1, 0.15) is 60.3 Å². The van der Waals surface area contributed by atoms with E-state index in [4.69, 9.17) is 0 Å². The highest BCUT2D eigenvalue weighted by Crippen LogP contribution is 2.16. The zero-order valence-electron chi connectivity index (χ0n) is 14.0.